The van der Waals surface area contributed by atoms with Crippen LogP contribution in [0.1, 0.15) is 97.3 Å². The van der Waals surface area contributed by atoms with Crippen molar-refractivity contribution < 1.29 is 4.90 Å². The van der Waals surface area contributed by atoms with Crippen molar-refractivity contribution in [2.45, 2.75) is 97.3 Å². The quantitative estimate of drug-likeness (QED) is 0.387. The molecule has 0 amide bonds. The molecule has 0 aliphatic carbocycles. The van der Waals surface area contributed by atoms with Crippen LogP contribution in [0, 0.1) is 17.8 Å². The third kappa shape index (κ3) is 12.0. The number of unbranched alkanes of at least 4 members (excludes halogenated alkanes) is 9. The predicted octanol–water partition coefficient (Wildman–Crippen LogP) is 4.71. The molecule has 0 aromatic rings. The third-order valence-electron chi connectivity index (χ3n) is 5.08. The largest absolute Gasteiger partial charge is 0.512 e. The molecule has 1 rings (SSSR count). The van der Waals surface area contributed by atoms with Crippen LogP contribution in [0.15, 0.2) is 0 Å². The number of nitrogens with zero attached hydrogens (tertiary/aromatic N) is 1. The highest BCUT2D eigenvalue weighted by Crippen LogP contribution is 2.13. The second-order valence-corrected chi connectivity index (χ2v) is 7.08. The van der Waals surface area contributed by atoms with Crippen molar-refractivity contribution in [3.8, 4) is 0 Å². The molecule has 1 saturated heterocycles. The minimum Gasteiger partial charge on any atom is -0.512 e. The second kappa shape index (κ2) is 16.8. The average molecular weight is 309 g/mol. The van der Waals surface area contributed by atoms with E-state index >= 15 is 0 Å². The van der Waals surface area contributed by atoms with E-state index in [0.717, 1.165) is 5.92 Å². The van der Waals surface area contributed by atoms with Crippen molar-refractivity contribution in [2.24, 2.45) is 5.92 Å². The van der Waals surface area contributed by atoms with Gasteiger partial charge >= 0.3 is 0 Å². The molecule has 2 heteroatoms. The molecule has 0 spiro atoms. The van der Waals surface area contributed by atoms with E-state index in [4.69, 9.17) is 11.8 Å². The molecule has 0 radical (unpaired) electrons. The molecular formula is C20H40N2. The monoisotopic (exact) mass is 308 g/mol. The van der Waals surface area contributed by atoms with Crippen LogP contribution in [0.4, 0.5) is 0 Å². The summed E-state index contributed by atoms with van der Waals surface area (Å²) in [5.41, 5.74) is 0. The lowest BCUT2D eigenvalue weighted by molar-refractivity contribution is -0.889. The lowest BCUT2D eigenvalue weighted by atomic mass is 10.0. The van der Waals surface area contributed by atoms with Gasteiger partial charge in [-0.05, 0) is 19.3 Å². The number of hydrogen-bond donors (Lipinski definition) is 1. The molecule has 0 aromatic carbocycles. The van der Waals surface area contributed by atoms with Gasteiger partial charge in [-0.25, -0.2) is 0 Å². The normalized spacial score (nSPS) is 20.5. The van der Waals surface area contributed by atoms with Crippen LogP contribution >= 0.6 is 0 Å². The van der Waals surface area contributed by atoms with Crippen molar-refractivity contribution in [1.29, 1.82) is 5.26 Å². The number of rotatable bonds is 13. The fraction of sp³-hybridized carbons (Fsp3) is 0.950. The van der Waals surface area contributed by atoms with Crippen LogP contribution < -0.4 is 4.90 Å². The number of nitrogens with one attached hydrogen (secondary N) is 1. The van der Waals surface area contributed by atoms with Crippen LogP contribution in [-0.2, 0) is 0 Å². The summed E-state index contributed by atoms with van der Waals surface area (Å²) in [6.07, 6.45) is 19.0. The molecule has 22 heavy (non-hydrogen) atoms. The first-order valence-electron chi connectivity index (χ1n) is 9.92. The Balaban J connectivity index is 0.00000211. The van der Waals surface area contributed by atoms with E-state index in [1.165, 1.54) is 103 Å². The van der Waals surface area contributed by atoms with Crippen LogP contribution in [0.2, 0.25) is 0 Å². The zero-order valence-electron chi connectivity index (χ0n) is 15.3. The van der Waals surface area contributed by atoms with Gasteiger partial charge < -0.3 is 16.7 Å². The van der Waals surface area contributed by atoms with Crippen molar-refractivity contribution in [1.82, 2.24) is 0 Å². The molecular weight excluding hydrogens is 268 g/mol. The third-order valence-corrected chi connectivity index (χ3v) is 5.08. The van der Waals surface area contributed by atoms with E-state index in [1.807, 2.05) is 4.90 Å². The zero-order valence-corrected chi connectivity index (χ0v) is 15.3. The van der Waals surface area contributed by atoms with Gasteiger partial charge in [-0.2, -0.15) is 0 Å². The first kappa shape index (κ1) is 21.4. The van der Waals surface area contributed by atoms with Gasteiger partial charge in [0.15, 0.2) is 0 Å². The van der Waals surface area contributed by atoms with Crippen molar-refractivity contribution >= 4 is 0 Å². The van der Waals surface area contributed by atoms with Crippen LogP contribution in [0.5, 0.6) is 0 Å². The SMILES string of the molecule is CCCCCCCCCCC[NH+]1CCC(CCCC)C1.[C-]#N. The Labute approximate surface area is 140 Å². The van der Waals surface area contributed by atoms with Crippen LogP contribution in [-0.4, -0.2) is 19.6 Å². The van der Waals surface area contributed by atoms with Gasteiger partial charge in [0.2, 0.25) is 0 Å². The molecule has 1 N–H and O–H groups in total. The van der Waals surface area contributed by atoms with Crippen molar-refractivity contribution in [3.63, 3.8) is 0 Å². The Bertz CT molecular complexity index is 237. The van der Waals surface area contributed by atoms with Crippen LogP contribution in [0.25, 0.3) is 0 Å². The molecule has 1 fully saturated rings. The van der Waals surface area contributed by atoms with Gasteiger partial charge in [0.05, 0.1) is 19.6 Å². The first-order valence-corrected chi connectivity index (χ1v) is 9.92. The molecule has 1 heterocycles. The topological polar surface area (TPSA) is 28.2 Å². The zero-order chi connectivity index (χ0) is 16.5. The van der Waals surface area contributed by atoms with Gasteiger partial charge in [0, 0.05) is 12.3 Å². The second-order valence-electron chi connectivity index (χ2n) is 7.08. The van der Waals surface area contributed by atoms with Gasteiger partial charge in [-0.15, -0.1) is 0 Å². The molecule has 2 unspecified atom stereocenters. The van der Waals surface area contributed by atoms with E-state index in [2.05, 4.69) is 13.8 Å². The predicted molar refractivity (Wildman–Crippen MR) is 95.4 cm³/mol. The lowest BCUT2D eigenvalue weighted by Gasteiger charge is -2.13. The molecule has 0 bridgehead atoms. The first-order chi connectivity index (χ1) is 10.9. The fourth-order valence-corrected chi connectivity index (χ4v) is 3.67. The Morgan fingerprint density at radius 1 is 0.818 bits per heavy atom. The summed E-state index contributed by atoms with van der Waals surface area (Å²) in [5, 5.41) is 6.25. The molecule has 2 nitrogen and oxygen atoms in total. The summed E-state index contributed by atoms with van der Waals surface area (Å²) < 4.78 is 0. The van der Waals surface area contributed by atoms with E-state index in [1.54, 1.807) is 0 Å². The average Bonchev–Trinajstić information content (AvgIpc) is 3.01. The Hall–Kier alpha value is -0.550. The molecule has 130 valence electrons. The summed E-state index contributed by atoms with van der Waals surface area (Å²) >= 11 is 0. The number of likely N-dealkylation sites (tertiary alicyclic amines) is 1. The molecule has 2 atom stereocenters. The molecule has 1 aliphatic rings. The summed E-state index contributed by atoms with van der Waals surface area (Å²) in [6, 6.07) is 0. The smallest absolute Gasteiger partial charge is 0.0801 e. The Morgan fingerprint density at radius 2 is 1.36 bits per heavy atom. The van der Waals surface area contributed by atoms with Gasteiger partial charge in [-0.3, -0.25) is 0 Å². The van der Waals surface area contributed by atoms with E-state index in [-0.39, 0.29) is 0 Å². The van der Waals surface area contributed by atoms with Gasteiger partial charge in [0.1, 0.15) is 0 Å². The fourth-order valence-electron chi connectivity index (χ4n) is 3.67. The highest BCUT2D eigenvalue weighted by molar-refractivity contribution is 4.62. The highest BCUT2D eigenvalue weighted by atomic mass is 15.1. The molecule has 1 aliphatic heterocycles. The van der Waals surface area contributed by atoms with E-state index < -0.39 is 0 Å². The van der Waals surface area contributed by atoms with E-state index in [0.29, 0.717) is 0 Å². The standard InChI is InChI=1S/C19H39N.CN/c1-3-5-7-8-9-10-11-12-13-16-20-17-15-19(18-20)14-6-4-2;1-2/h19H,3-18H2,1-2H3;/q;-1/p+1. The molecule has 0 aromatic heterocycles. The summed E-state index contributed by atoms with van der Waals surface area (Å²) in [5.74, 6) is 1.06. The Kier molecular flexibility index (Phi) is 16.4. The van der Waals surface area contributed by atoms with Gasteiger partial charge in [0.25, 0.3) is 0 Å². The summed E-state index contributed by atoms with van der Waals surface area (Å²) in [7, 11) is 0. The maximum Gasteiger partial charge on any atom is 0.0801 e. The lowest BCUT2D eigenvalue weighted by Crippen LogP contribution is -3.10. The minimum atomic E-state index is 1.06. The van der Waals surface area contributed by atoms with Gasteiger partial charge in [-0.1, -0.05) is 71.6 Å². The minimum absolute atomic E-state index is 1.06. The van der Waals surface area contributed by atoms with Crippen molar-refractivity contribution in [3.05, 3.63) is 6.57 Å². The van der Waals surface area contributed by atoms with E-state index in [9.17, 15) is 0 Å². The Morgan fingerprint density at radius 3 is 1.95 bits per heavy atom. The summed E-state index contributed by atoms with van der Waals surface area (Å²) in [4.78, 5) is 1.91. The summed E-state index contributed by atoms with van der Waals surface area (Å²) in [6.45, 7) is 13.8. The maximum absolute atomic E-state index is 6.25. The number of quaternary nitrogens is 1. The van der Waals surface area contributed by atoms with Crippen molar-refractivity contribution in [2.75, 3.05) is 19.6 Å². The maximum atomic E-state index is 6.25. The van der Waals surface area contributed by atoms with Crippen LogP contribution in [0.3, 0.4) is 0 Å². The highest BCUT2D eigenvalue weighted by Gasteiger charge is 2.24. The molecule has 0 saturated carbocycles. The number of hydrogen-bond acceptors (Lipinski definition) is 1.